The monoisotopic (exact) mass is 305 g/mol. The number of hydrogen-bond donors (Lipinski definition) is 2. The first-order chi connectivity index (χ1) is 10.4. The standard InChI is InChI=1S/C18H27NO3/c1-13(2)16-10-8-15(9-11-16)12-14(3)19-17(20)6-4-5-7-18(21)22/h8-11,13-14H,4-7,12H2,1-3H3,(H,19,20)(H,21,22). The number of hydrogen-bond acceptors (Lipinski definition) is 2. The van der Waals surface area contributed by atoms with Crippen LogP contribution in [0, 0.1) is 0 Å². The summed E-state index contributed by atoms with van der Waals surface area (Å²) in [5.41, 5.74) is 2.53. The predicted octanol–water partition coefficient (Wildman–Crippen LogP) is 3.50. The molecule has 1 unspecified atom stereocenters. The van der Waals surface area contributed by atoms with Gasteiger partial charge in [-0.1, -0.05) is 38.1 Å². The summed E-state index contributed by atoms with van der Waals surface area (Å²) >= 11 is 0. The predicted molar refractivity (Wildman–Crippen MR) is 87.9 cm³/mol. The van der Waals surface area contributed by atoms with Gasteiger partial charge in [0.1, 0.15) is 0 Å². The molecule has 0 saturated carbocycles. The molecule has 2 N–H and O–H groups in total. The van der Waals surface area contributed by atoms with E-state index in [1.165, 1.54) is 11.1 Å². The number of amides is 1. The smallest absolute Gasteiger partial charge is 0.303 e. The summed E-state index contributed by atoms with van der Waals surface area (Å²) in [6, 6.07) is 8.59. The van der Waals surface area contributed by atoms with Gasteiger partial charge in [0.2, 0.25) is 5.91 Å². The molecule has 122 valence electrons. The van der Waals surface area contributed by atoms with Crippen molar-refractivity contribution in [1.82, 2.24) is 5.32 Å². The van der Waals surface area contributed by atoms with Gasteiger partial charge < -0.3 is 10.4 Å². The normalized spacial score (nSPS) is 12.2. The van der Waals surface area contributed by atoms with Crippen molar-refractivity contribution in [3.8, 4) is 0 Å². The van der Waals surface area contributed by atoms with E-state index in [0.717, 1.165) is 6.42 Å². The molecule has 4 heteroatoms. The molecule has 0 aliphatic rings. The van der Waals surface area contributed by atoms with Gasteiger partial charge in [0.25, 0.3) is 0 Å². The lowest BCUT2D eigenvalue weighted by Crippen LogP contribution is -2.33. The Kier molecular flexibility index (Phi) is 7.64. The largest absolute Gasteiger partial charge is 0.481 e. The topological polar surface area (TPSA) is 66.4 Å². The molecule has 0 aromatic heterocycles. The third-order valence-corrected chi connectivity index (χ3v) is 3.64. The minimum absolute atomic E-state index is 0.00307. The Bertz CT molecular complexity index is 480. The maximum Gasteiger partial charge on any atom is 0.303 e. The van der Waals surface area contributed by atoms with Gasteiger partial charge in [0, 0.05) is 18.9 Å². The molecule has 0 aliphatic heterocycles. The number of unbranched alkanes of at least 4 members (excludes halogenated alkanes) is 1. The summed E-state index contributed by atoms with van der Waals surface area (Å²) in [7, 11) is 0. The van der Waals surface area contributed by atoms with Crippen molar-refractivity contribution in [3.63, 3.8) is 0 Å². The van der Waals surface area contributed by atoms with Crippen LogP contribution < -0.4 is 5.32 Å². The third-order valence-electron chi connectivity index (χ3n) is 3.64. The van der Waals surface area contributed by atoms with Crippen LogP contribution in [0.2, 0.25) is 0 Å². The van der Waals surface area contributed by atoms with E-state index in [-0.39, 0.29) is 18.4 Å². The van der Waals surface area contributed by atoms with Gasteiger partial charge in [0.05, 0.1) is 0 Å². The summed E-state index contributed by atoms with van der Waals surface area (Å²) in [4.78, 5) is 22.2. The van der Waals surface area contributed by atoms with Gasteiger partial charge >= 0.3 is 5.97 Å². The number of benzene rings is 1. The van der Waals surface area contributed by atoms with Crippen molar-refractivity contribution >= 4 is 11.9 Å². The van der Waals surface area contributed by atoms with Gasteiger partial charge in [-0.25, -0.2) is 0 Å². The Labute approximate surface area is 132 Å². The summed E-state index contributed by atoms with van der Waals surface area (Å²) in [6.45, 7) is 6.33. The number of nitrogens with one attached hydrogen (secondary N) is 1. The number of carboxylic acid groups (broad SMARTS) is 1. The van der Waals surface area contributed by atoms with Crippen LogP contribution in [0.3, 0.4) is 0 Å². The first-order valence-corrected chi connectivity index (χ1v) is 7.98. The highest BCUT2D eigenvalue weighted by atomic mass is 16.4. The van der Waals surface area contributed by atoms with Gasteiger partial charge in [-0.05, 0) is 43.2 Å². The molecule has 1 atom stereocenters. The zero-order valence-corrected chi connectivity index (χ0v) is 13.8. The summed E-state index contributed by atoms with van der Waals surface area (Å²) < 4.78 is 0. The molecule has 0 bridgehead atoms. The van der Waals surface area contributed by atoms with Crippen molar-refractivity contribution in [2.75, 3.05) is 0 Å². The molecule has 1 rings (SSSR count). The molecule has 22 heavy (non-hydrogen) atoms. The van der Waals surface area contributed by atoms with E-state index in [2.05, 4.69) is 43.4 Å². The summed E-state index contributed by atoms with van der Waals surface area (Å²) in [5, 5.41) is 11.5. The zero-order valence-electron chi connectivity index (χ0n) is 13.8. The Morgan fingerprint density at radius 3 is 2.18 bits per heavy atom. The van der Waals surface area contributed by atoms with E-state index in [4.69, 9.17) is 5.11 Å². The first-order valence-electron chi connectivity index (χ1n) is 7.98. The minimum atomic E-state index is -0.807. The Morgan fingerprint density at radius 2 is 1.64 bits per heavy atom. The molecule has 0 fully saturated rings. The van der Waals surface area contributed by atoms with Crippen molar-refractivity contribution in [3.05, 3.63) is 35.4 Å². The van der Waals surface area contributed by atoms with E-state index >= 15 is 0 Å². The van der Waals surface area contributed by atoms with Gasteiger partial charge in [0.15, 0.2) is 0 Å². The molecular weight excluding hydrogens is 278 g/mol. The van der Waals surface area contributed by atoms with Gasteiger partial charge in [-0.3, -0.25) is 9.59 Å². The number of aliphatic carboxylic acids is 1. The second kappa shape index (κ2) is 9.23. The van der Waals surface area contributed by atoms with E-state index in [1.54, 1.807) is 0 Å². The molecule has 0 radical (unpaired) electrons. The Balaban J connectivity index is 2.31. The Hall–Kier alpha value is -1.84. The van der Waals surface area contributed by atoms with Crippen LogP contribution in [0.4, 0.5) is 0 Å². The van der Waals surface area contributed by atoms with Gasteiger partial charge in [-0.2, -0.15) is 0 Å². The van der Waals surface area contributed by atoms with Crippen LogP contribution in [0.15, 0.2) is 24.3 Å². The lowest BCUT2D eigenvalue weighted by molar-refractivity contribution is -0.137. The van der Waals surface area contributed by atoms with Crippen LogP contribution in [-0.2, 0) is 16.0 Å². The number of carbonyl (C=O) groups is 2. The van der Waals surface area contributed by atoms with E-state index < -0.39 is 5.97 Å². The molecule has 4 nitrogen and oxygen atoms in total. The van der Waals surface area contributed by atoms with Crippen LogP contribution in [0.1, 0.15) is 63.5 Å². The molecule has 1 aromatic rings. The molecule has 0 spiro atoms. The Morgan fingerprint density at radius 1 is 1.05 bits per heavy atom. The molecule has 0 saturated heterocycles. The quantitative estimate of drug-likeness (QED) is 0.686. The molecular formula is C18H27NO3. The van der Waals surface area contributed by atoms with Crippen LogP contribution in [0.5, 0.6) is 0 Å². The lowest BCUT2D eigenvalue weighted by atomic mass is 9.99. The van der Waals surface area contributed by atoms with Gasteiger partial charge in [-0.15, -0.1) is 0 Å². The highest BCUT2D eigenvalue weighted by Gasteiger charge is 2.09. The molecule has 0 heterocycles. The zero-order chi connectivity index (χ0) is 16.5. The SMILES string of the molecule is CC(Cc1ccc(C(C)C)cc1)NC(=O)CCCCC(=O)O. The third kappa shape index (κ3) is 7.25. The summed E-state index contributed by atoms with van der Waals surface area (Å²) in [5.74, 6) is -0.285. The number of rotatable bonds is 9. The maximum absolute atomic E-state index is 11.8. The van der Waals surface area contributed by atoms with Crippen LogP contribution >= 0.6 is 0 Å². The van der Waals surface area contributed by atoms with E-state index in [0.29, 0.717) is 25.2 Å². The fourth-order valence-corrected chi connectivity index (χ4v) is 2.35. The molecule has 0 aliphatic carbocycles. The minimum Gasteiger partial charge on any atom is -0.481 e. The van der Waals surface area contributed by atoms with Crippen LogP contribution in [-0.4, -0.2) is 23.0 Å². The van der Waals surface area contributed by atoms with E-state index in [1.807, 2.05) is 6.92 Å². The van der Waals surface area contributed by atoms with Crippen molar-refractivity contribution < 1.29 is 14.7 Å². The fourth-order valence-electron chi connectivity index (χ4n) is 2.35. The number of carbonyl (C=O) groups excluding carboxylic acids is 1. The lowest BCUT2D eigenvalue weighted by Gasteiger charge is -2.14. The fraction of sp³-hybridized carbons (Fsp3) is 0.556. The first kappa shape index (κ1) is 18.2. The average Bonchev–Trinajstić information content (AvgIpc) is 2.43. The second-order valence-electron chi connectivity index (χ2n) is 6.17. The average molecular weight is 305 g/mol. The van der Waals surface area contributed by atoms with Crippen molar-refractivity contribution in [2.24, 2.45) is 0 Å². The van der Waals surface area contributed by atoms with Crippen LogP contribution in [0.25, 0.3) is 0 Å². The number of carboxylic acids is 1. The second-order valence-corrected chi connectivity index (χ2v) is 6.17. The highest BCUT2D eigenvalue weighted by Crippen LogP contribution is 2.15. The molecule has 1 aromatic carbocycles. The summed E-state index contributed by atoms with van der Waals surface area (Å²) in [6.07, 6.45) is 2.50. The molecule has 1 amide bonds. The van der Waals surface area contributed by atoms with Crippen molar-refractivity contribution in [1.29, 1.82) is 0 Å². The van der Waals surface area contributed by atoms with Crippen molar-refractivity contribution in [2.45, 2.75) is 64.8 Å². The maximum atomic E-state index is 11.8. The highest BCUT2D eigenvalue weighted by molar-refractivity contribution is 5.76. The van der Waals surface area contributed by atoms with E-state index in [9.17, 15) is 9.59 Å².